The Kier molecular flexibility index (Phi) is 5.97. The van der Waals surface area contributed by atoms with Crippen LogP contribution in [0.4, 0.5) is 8.78 Å². The van der Waals surface area contributed by atoms with Gasteiger partial charge in [-0.25, -0.2) is 0 Å². The molecule has 102 valence electrons. The van der Waals surface area contributed by atoms with Crippen molar-refractivity contribution in [3.63, 3.8) is 0 Å². The lowest BCUT2D eigenvalue weighted by Gasteiger charge is -2.17. The fourth-order valence-corrected chi connectivity index (χ4v) is 1.46. The summed E-state index contributed by atoms with van der Waals surface area (Å²) in [6, 6.07) is 6.20. The van der Waals surface area contributed by atoms with E-state index in [1.165, 1.54) is 12.1 Å². The fraction of sp³-hybridized carbons (Fsp3) is 0.500. The van der Waals surface area contributed by atoms with E-state index in [9.17, 15) is 13.9 Å². The van der Waals surface area contributed by atoms with E-state index in [1.54, 1.807) is 12.1 Å². The van der Waals surface area contributed by atoms with Crippen LogP contribution in [0.2, 0.25) is 0 Å². The third kappa shape index (κ3) is 4.95. The predicted octanol–water partition coefficient (Wildman–Crippen LogP) is 1.29. The van der Waals surface area contributed by atoms with E-state index in [2.05, 4.69) is 10.1 Å². The Bertz CT molecular complexity index is 363. The molecule has 0 radical (unpaired) electrons. The third-order valence-corrected chi connectivity index (χ3v) is 2.45. The zero-order chi connectivity index (χ0) is 13.5. The van der Waals surface area contributed by atoms with Crippen LogP contribution in [0.1, 0.15) is 18.5 Å². The first-order valence-corrected chi connectivity index (χ1v) is 5.60. The van der Waals surface area contributed by atoms with Crippen LogP contribution < -0.4 is 10.1 Å². The molecular weight excluding hydrogens is 244 g/mol. The Balaban J connectivity index is 2.59. The average Bonchev–Trinajstić information content (AvgIpc) is 2.35. The fourth-order valence-electron chi connectivity index (χ4n) is 1.46. The molecule has 0 heterocycles. The first kappa shape index (κ1) is 14.8. The standard InChI is InChI=1S/C12H17F2NO3/c1-8(15-6-10(17)7-16)9-3-2-4-11(5-9)18-12(13)14/h2-5,8,10,12,15-17H,6-7H2,1H3. The second kappa shape index (κ2) is 7.25. The molecule has 0 fully saturated rings. The monoisotopic (exact) mass is 261 g/mol. The van der Waals surface area contributed by atoms with E-state index in [1.807, 2.05) is 6.92 Å². The van der Waals surface area contributed by atoms with E-state index in [4.69, 9.17) is 5.11 Å². The van der Waals surface area contributed by atoms with Crippen LogP contribution in [0.15, 0.2) is 24.3 Å². The highest BCUT2D eigenvalue weighted by Gasteiger charge is 2.10. The second-order valence-corrected chi connectivity index (χ2v) is 3.92. The number of nitrogens with one attached hydrogen (secondary N) is 1. The first-order chi connectivity index (χ1) is 8.52. The summed E-state index contributed by atoms with van der Waals surface area (Å²) in [5, 5.41) is 20.8. The van der Waals surface area contributed by atoms with Gasteiger partial charge in [-0.15, -0.1) is 0 Å². The highest BCUT2D eigenvalue weighted by Crippen LogP contribution is 2.20. The summed E-state index contributed by atoms with van der Waals surface area (Å²) in [4.78, 5) is 0. The van der Waals surface area contributed by atoms with Gasteiger partial charge in [0.15, 0.2) is 0 Å². The largest absolute Gasteiger partial charge is 0.435 e. The minimum atomic E-state index is -2.85. The molecule has 0 saturated heterocycles. The summed E-state index contributed by atoms with van der Waals surface area (Å²) in [6.45, 7) is -1.13. The highest BCUT2D eigenvalue weighted by atomic mass is 19.3. The molecule has 1 aromatic rings. The molecule has 1 rings (SSSR count). The third-order valence-electron chi connectivity index (χ3n) is 2.45. The molecule has 0 amide bonds. The summed E-state index contributed by atoms with van der Waals surface area (Å²) in [7, 11) is 0. The van der Waals surface area contributed by atoms with Gasteiger partial charge in [0.2, 0.25) is 0 Å². The van der Waals surface area contributed by atoms with Crippen LogP contribution in [-0.2, 0) is 0 Å². The number of hydrogen-bond acceptors (Lipinski definition) is 4. The van der Waals surface area contributed by atoms with Gasteiger partial charge in [-0.3, -0.25) is 0 Å². The van der Waals surface area contributed by atoms with Gasteiger partial charge in [0.05, 0.1) is 12.7 Å². The Morgan fingerprint density at radius 2 is 2.11 bits per heavy atom. The van der Waals surface area contributed by atoms with Crippen LogP contribution in [0, 0.1) is 0 Å². The molecule has 0 aliphatic rings. The van der Waals surface area contributed by atoms with Crippen molar-refractivity contribution in [1.82, 2.24) is 5.32 Å². The summed E-state index contributed by atoms with van der Waals surface area (Å²) < 4.78 is 28.4. The number of ether oxygens (including phenoxy) is 1. The number of rotatable bonds is 7. The van der Waals surface area contributed by atoms with Gasteiger partial charge in [0.25, 0.3) is 0 Å². The lowest BCUT2D eigenvalue weighted by molar-refractivity contribution is -0.0499. The number of hydrogen-bond donors (Lipinski definition) is 3. The van der Waals surface area contributed by atoms with E-state index < -0.39 is 12.7 Å². The molecule has 4 nitrogen and oxygen atoms in total. The van der Waals surface area contributed by atoms with Gasteiger partial charge < -0.3 is 20.3 Å². The molecule has 0 aliphatic carbocycles. The summed E-state index contributed by atoms with van der Waals surface area (Å²) in [5.41, 5.74) is 0.762. The van der Waals surface area contributed by atoms with Crippen LogP contribution in [0.3, 0.4) is 0 Å². The van der Waals surface area contributed by atoms with Gasteiger partial charge in [-0.1, -0.05) is 12.1 Å². The lowest BCUT2D eigenvalue weighted by atomic mass is 10.1. The van der Waals surface area contributed by atoms with Crippen molar-refractivity contribution >= 4 is 0 Å². The zero-order valence-electron chi connectivity index (χ0n) is 10.0. The molecule has 18 heavy (non-hydrogen) atoms. The van der Waals surface area contributed by atoms with Crippen molar-refractivity contribution in [3.05, 3.63) is 29.8 Å². The summed E-state index contributed by atoms with van der Waals surface area (Å²) >= 11 is 0. The maximum absolute atomic E-state index is 12.1. The van der Waals surface area contributed by atoms with Crippen molar-refractivity contribution in [3.8, 4) is 5.75 Å². The lowest BCUT2D eigenvalue weighted by Crippen LogP contribution is -2.31. The molecule has 6 heteroatoms. The Hall–Kier alpha value is -1.24. The van der Waals surface area contributed by atoms with Crippen LogP contribution in [0.25, 0.3) is 0 Å². The van der Waals surface area contributed by atoms with Crippen LogP contribution in [-0.4, -0.2) is 36.1 Å². The summed E-state index contributed by atoms with van der Waals surface area (Å²) in [5.74, 6) is 0.0962. The van der Waals surface area contributed by atoms with Crippen LogP contribution in [0.5, 0.6) is 5.75 Å². The topological polar surface area (TPSA) is 61.7 Å². The molecule has 2 atom stereocenters. The SMILES string of the molecule is CC(NCC(O)CO)c1cccc(OC(F)F)c1. The van der Waals surface area contributed by atoms with E-state index >= 15 is 0 Å². The van der Waals surface area contributed by atoms with Crippen molar-refractivity contribution < 1.29 is 23.7 Å². The van der Waals surface area contributed by atoms with Crippen molar-refractivity contribution in [2.75, 3.05) is 13.2 Å². The number of halogens is 2. The van der Waals surface area contributed by atoms with Gasteiger partial charge >= 0.3 is 6.61 Å². The molecule has 0 spiro atoms. The number of benzene rings is 1. The van der Waals surface area contributed by atoms with Crippen LogP contribution >= 0.6 is 0 Å². The van der Waals surface area contributed by atoms with E-state index in [-0.39, 0.29) is 24.9 Å². The van der Waals surface area contributed by atoms with Crippen molar-refractivity contribution in [2.24, 2.45) is 0 Å². The molecule has 0 aliphatic heterocycles. The Labute approximate surface area is 104 Å². The van der Waals surface area contributed by atoms with Gasteiger partial charge in [-0.2, -0.15) is 8.78 Å². The van der Waals surface area contributed by atoms with Crippen molar-refractivity contribution in [1.29, 1.82) is 0 Å². The quantitative estimate of drug-likeness (QED) is 0.692. The molecule has 0 saturated carbocycles. The smallest absolute Gasteiger partial charge is 0.387 e. The molecule has 1 aromatic carbocycles. The highest BCUT2D eigenvalue weighted by molar-refractivity contribution is 5.30. The predicted molar refractivity (Wildman–Crippen MR) is 62.6 cm³/mol. The van der Waals surface area contributed by atoms with E-state index in [0.29, 0.717) is 0 Å². The normalized spacial score (nSPS) is 14.6. The Morgan fingerprint density at radius 3 is 2.72 bits per heavy atom. The number of aliphatic hydroxyl groups is 2. The Morgan fingerprint density at radius 1 is 1.39 bits per heavy atom. The molecule has 0 bridgehead atoms. The van der Waals surface area contributed by atoms with Crippen molar-refractivity contribution in [2.45, 2.75) is 25.7 Å². The minimum absolute atomic E-state index is 0.0962. The summed E-state index contributed by atoms with van der Waals surface area (Å²) in [6.07, 6.45) is -0.840. The van der Waals surface area contributed by atoms with Gasteiger partial charge in [-0.05, 0) is 24.6 Å². The average molecular weight is 261 g/mol. The van der Waals surface area contributed by atoms with Gasteiger partial charge in [0.1, 0.15) is 5.75 Å². The van der Waals surface area contributed by atoms with Gasteiger partial charge in [0, 0.05) is 12.6 Å². The first-order valence-electron chi connectivity index (χ1n) is 5.60. The second-order valence-electron chi connectivity index (χ2n) is 3.92. The molecule has 2 unspecified atom stereocenters. The number of alkyl halides is 2. The van der Waals surface area contributed by atoms with E-state index in [0.717, 1.165) is 5.56 Å². The maximum Gasteiger partial charge on any atom is 0.387 e. The number of aliphatic hydroxyl groups excluding tert-OH is 2. The molecule has 0 aromatic heterocycles. The molecule has 3 N–H and O–H groups in total. The maximum atomic E-state index is 12.1. The molecular formula is C12H17F2NO3. The minimum Gasteiger partial charge on any atom is -0.435 e. The zero-order valence-corrected chi connectivity index (χ0v) is 10.0.